The van der Waals surface area contributed by atoms with Crippen molar-refractivity contribution in [1.82, 2.24) is 15.3 Å². The first-order chi connectivity index (χ1) is 17.2. The molecule has 3 aromatic rings. The van der Waals surface area contributed by atoms with Crippen LogP contribution >= 0.6 is 0 Å². The van der Waals surface area contributed by atoms with Gasteiger partial charge in [0, 0.05) is 35.5 Å². The number of nitrogens with two attached hydrogens (primary N) is 1. The first kappa shape index (κ1) is 24.9. The molecular weight excluding hydrogens is 462 g/mol. The molecule has 0 aliphatic carbocycles. The van der Waals surface area contributed by atoms with Crippen molar-refractivity contribution in [1.29, 1.82) is 0 Å². The van der Waals surface area contributed by atoms with E-state index in [-0.39, 0.29) is 18.4 Å². The second kappa shape index (κ2) is 10.2. The highest BCUT2D eigenvalue weighted by Gasteiger charge is 2.33. The van der Waals surface area contributed by atoms with Crippen LogP contribution in [-0.4, -0.2) is 61.2 Å². The van der Waals surface area contributed by atoms with E-state index in [1.54, 1.807) is 14.2 Å². The third kappa shape index (κ3) is 4.79. The summed E-state index contributed by atoms with van der Waals surface area (Å²) >= 11 is 0. The van der Waals surface area contributed by atoms with Crippen LogP contribution in [0.25, 0.3) is 22.2 Å². The van der Waals surface area contributed by atoms with E-state index in [1.807, 2.05) is 36.4 Å². The van der Waals surface area contributed by atoms with Crippen LogP contribution in [0.4, 0.5) is 0 Å². The molecule has 2 amide bonds. The van der Waals surface area contributed by atoms with Crippen LogP contribution in [0.15, 0.2) is 41.5 Å². The van der Waals surface area contributed by atoms with Crippen LogP contribution in [0.2, 0.25) is 0 Å². The van der Waals surface area contributed by atoms with Crippen LogP contribution in [0.5, 0.6) is 11.5 Å². The van der Waals surface area contributed by atoms with Gasteiger partial charge in [-0.3, -0.25) is 9.59 Å². The van der Waals surface area contributed by atoms with Gasteiger partial charge in [-0.05, 0) is 47.9 Å². The minimum absolute atomic E-state index is 0.167. The molecule has 4 rings (SSSR count). The lowest BCUT2D eigenvalue weighted by molar-refractivity contribution is -0.131. The summed E-state index contributed by atoms with van der Waals surface area (Å²) in [4.78, 5) is 26.7. The Hall–Kier alpha value is -4.21. The van der Waals surface area contributed by atoms with E-state index in [0.717, 1.165) is 33.3 Å². The lowest BCUT2D eigenvalue weighted by atomic mass is 9.95. The molecule has 190 valence electrons. The van der Waals surface area contributed by atoms with Gasteiger partial charge in [-0.2, -0.15) is 0 Å². The average molecular weight is 494 g/mol. The van der Waals surface area contributed by atoms with Crippen LogP contribution < -0.4 is 20.5 Å². The van der Waals surface area contributed by atoms with E-state index in [9.17, 15) is 9.59 Å². The van der Waals surface area contributed by atoms with Crippen molar-refractivity contribution in [2.45, 2.75) is 32.9 Å². The fourth-order valence-electron chi connectivity index (χ4n) is 4.37. The smallest absolute Gasteiger partial charge is 0.281 e. The maximum Gasteiger partial charge on any atom is 0.281 e. The molecule has 1 aliphatic rings. The number of hydrogen-bond donors (Lipinski definition) is 3. The van der Waals surface area contributed by atoms with Crippen molar-refractivity contribution in [3.63, 3.8) is 0 Å². The first-order valence-corrected chi connectivity index (χ1v) is 11.7. The summed E-state index contributed by atoms with van der Waals surface area (Å²) in [7, 11) is 3.22. The Kier molecular flexibility index (Phi) is 7.05. The zero-order valence-corrected chi connectivity index (χ0v) is 21.0. The summed E-state index contributed by atoms with van der Waals surface area (Å²) in [5, 5.41) is 9.64. The molecule has 1 aromatic heterocycles. The number of carbonyl (C=O) groups is 2. The number of benzene rings is 2. The first-order valence-electron chi connectivity index (χ1n) is 11.7. The Morgan fingerprint density at radius 1 is 1.14 bits per heavy atom. The molecule has 0 spiro atoms. The molecule has 1 aliphatic heterocycles. The zero-order valence-electron chi connectivity index (χ0n) is 21.0. The van der Waals surface area contributed by atoms with E-state index in [4.69, 9.17) is 19.9 Å². The van der Waals surface area contributed by atoms with Gasteiger partial charge >= 0.3 is 0 Å². The van der Waals surface area contributed by atoms with Gasteiger partial charge < -0.3 is 30.2 Å². The number of primary amides is 1. The monoisotopic (exact) mass is 493 g/mol. The molecule has 1 atom stereocenters. The van der Waals surface area contributed by atoms with Crippen LogP contribution in [0, 0.1) is 0 Å². The van der Waals surface area contributed by atoms with E-state index in [1.165, 1.54) is 11.9 Å². The van der Waals surface area contributed by atoms with Gasteiger partial charge in [-0.15, -0.1) is 5.10 Å². The molecule has 0 fully saturated rings. The van der Waals surface area contributed by atoms with Crippen molar-refractivity contribution in [3.8, 4) is 22.8 Å². The largest absolute Gasteiger partial charge is 0.493 e. The lowest BCUT2D eigenvalue weighted by Gasteiger charge is -2.18. The van der Waals surface area contributed by atoms with Gasteiger partial charge in [0.15, 0.2) is 11.5 Å². The minimum atomic E-state index is -1.04. The highest BCUT2D eigenvalue weighted by atomic mass is 16.5. The number of fused-ring (bicyclic) bond motifs is 1. The van der Waals surface area contributed by atoms with Crippen molar-refractivity contribution < 1.29 is 23.8 Å². The number of amides is 2. The minimum Gasteiger partial charge on any atom is -0.493 e. The topological polar surface area (TPSA) is 131 Å². The molecule has 0 saturated heterocycles. The van der Waals surface area contributed by atoms with Gasteiger partial charge in [0.1, 0.15) is 0 Å². The molecule has 4 N–H and O–H groups in total. The Morgan fingerprint density at radius 2 is 1.86 bits per heavy atom. The number of hydrogen-bond acceptors (Lipinski definition) is 7. The Balaban J connectivity index is 1.73. The van der Waals surface area contributed by atoms with Gasteiger partial charge in [0.2, 0.25) is 11.8 Å². The Bertz CT molecular complexity index is 1330. The number of methoxy groups -OCH3 is 2. The van der Waals surface area contributed by atoms with E-state index < -0.39 is 12.1 Å². The van der Waals surface area contributed by atoms with E-state index in [0.29, 0.717) is 23.9 Å². The van der Waals surface area contributed by atoms with Gasteiger partial charge in [0.25, 0.3) is 12.1 Å². The molecule has 1 unspecified atom stereocenters. The zero-order chi connectivity index (χ0) is 26.0. The predicted molar refractivity (Wildman–Crippen MR) is 137 cm³/mol. The number of ether oxygens (including phenoxy) is 3. The van der Waals surface area contributed by atoms with Crippen LogP contribution in [-0.2, 0) is 14.3 Å². The normalized spacial score (nSPS) is 15.1. The quantitative estimate of drug-likeness (QED) is 0.420. The number of hydrazone groups is 1. The number of aromatic nitrogens is 1. The number of carbonyl (C=O) groups excluding carboxylic acids is 2. The number of H-pyrrole nitrogens is 1. The molecule has 10 nitrogen and oxygen atoms in total. The molecule has 2 aromatic carbocycles. The molecular formula is C26H31N5O5. The maximum absolute atomic E-state index is 12.0. The summed E-state index contributed by atoms with van der Waals surface area (Å²) in [6, 6.07) is 11.7. The molecule has 0 saturated carbocycles. The van der Waals surface area contributed by atoms with Crippen molar-refractivity contribution in [3.05, 3.63) is 47.5 Å². The fraction of sp³-hybridized carbons (Fsp3) is 0.346. The van der Waals surface area contributed by atoms with Gasteiger partial charge in [0.05, 0.1) is 26.5 Å². The molecule has 36 heavy (non-hydrogen) atoms. The second-order valence-corrected chi connectivity index (χ2v) is 8.82. The molecule has 10 heteroatoms. The number of rotatable bonds is 9. The third-order valence-corrected chi connectivity index (χ3v) is 6.01. The van der Waals surface area contributed by atoms with E-state index in [2.05, 4.69) is 29.2 Å². The third-order valence-electron chi connectivity index (χ3n) is 6.01. The number of nitrogens with zero attached hydrogens (tertiary/aromatic N) is 2. The summed E-state index contributed by atoms with van der Waals surface area (Å²) in [5.74, 6) is 0.990. The summed E-state index contributed by atoms with van der Waals surface area (Å²) < 4.78 is 16.7. The number of nitrogens with one attached hydrogen (secondary N) is 2. The summed E-state index contributed by atoms with van der Waals surface area (Å²) in [6.45, 7) is 6.29. The Labute approximate surface area is 209 Å². The van der Waals surface area contributed by atoms with Crippen molar-refractivity contribution >= 4 is 28.6 Å². The maximum atomic E-state index is 12.0. The predicted octanol–water partition coefficient (Wildman–Crippen LogP) is 2.92. The highest BCUT2D eigenvalue weighted by Crippen LogP contribution is 2.39. The van der Waals surface area contributed by atoms with Crippen LogP contribution in [0.1, 0.15) is 37.8 Å². The average Bonchev–Trinajstić information content (AvgIpc) is 3.45. The molecule has 0 radical (unpaired) electrons. The number of aromatic amines is 1. The van der Waals surface area contributed by atoms with Crippen LogP contribution in [0.3, 0.4) is 0 Å². The fourth-order valence-corrected chi connectivity index (χ4v) is 4.37. The Morgan fingerprint density at radius 3 is 2.50 bits per heavy atom. The van der Waals surface area contributed by atoms with Gasteiger partial charge in [-0.1, -0.05) is 13.8 Å². The standard InChI is InChI=1S/C26H31N5O5/c1-14(2)22-18-12-17(25-30-31(11-10-28-15(3)32)26(36-25)24(27)33)6-8-19(18)29-23(22)16-7-9-20(34-4)21(13-16)35-5/h6-9,12-14,26,29H,10-11H2,1-5H3,(H2,27,33)(H,28,32). The second-order valence-electron chi connectivity index (χ2n) is 8.82. The highest BCUT2D eigenvalue weighted by molar-refractivity contribution is 6.02. The van der Waals surface area contributed by atoms with E-state index >= 15 is 0 Å². The SMILES string of the molecule is COc1ccc(-c2[nH]c3ccc(C4=NN(CCNC(C)=O)C(C(N)=O)O4)cc3c2C(C)C)cc1OC. The molecule has 0 bridgehead atoms. The van der Waals surface area contributed by atoms with Crippen molar-refractivity contribution in [2.75, 3.05) is 27.3 Å². The molecule has 2 heterocycles. The lowest BCUT2D eigenvalue weighted by Crippen LogP contribution is -2.43. The summed E-state index contributed by atoms with van der Waals surface area (Å²) in [6.07, 6.45) is -1.04. The van der Waals surface area contributed by atoms with Crippen molar-refractivity contribution in [2.24, 2.45) is 10.8 Å². The van der Waals surface area contributed by atoms with Gasteiger partial charge in [-0.25, -0.2) is 5.01 Å². The summed E-state index contributed by atoms with van der Waals surface area (Å²) in [5.41, 5.74) is 10.3.